The molecule has 0 atom stereocenters. The van der Waals surface area contributed by atoms with Crippen LogP contribution in [0.25, 0.3) is 5.69 Å². The Balaban J connectivity index is 2.49. The van der Waals surface area contributed by atoms with Gasteiger partial charge < -0.3 is 5.11 Å². The highest BCUT2D eigenvalue weighted by molar-refractivity contribution is 5.88. The average Bonchev–Trinajstić information content (AvgIpc) is 2.78. The van der Waals surface area contributed by atoms with Gasteiger partial charge in [-0.25, -0.2) is 4.79 Å². The zero-order chi connectivity index (χ0) is 12.4. The molecule has 0 aliphatic rings. The van der Waals surface area contributed by atoms with Crippen molar-refractivity contribution in [2.24, 2.45) is 0 Å². The SMILES string of the molecule is CC(C)c1nncn1-c1cccc(C(=O)O)c1. The van der Waals surface area contributed by atoms with Crippen LogP contribution in [0.4, 0.5) is 0 Å². The van der Waals surface area contributed by atoms with E-state index in [0.29, 0.717) is 0 Å². The van der Waals surface area contributed by atoms with Crippen LogP contribution in [0.1, 0.15) is 35.9 Å². The molecule has 0 unspecified atom stereocenters. The molecule has 0 bridgehead atoms. The molecular formula is C12H13N3O2. The molecule has 88 valence electrons. The number of carboxylic acids is 1. The molecule has 0 aliphatic heterocycles. The summed E-state index contributed by atoms with van der Waals surface area (Å²) < 4.78 is 1.80. The Kier molecular flexibility index (Phi) is 2.91. The minimum Gasteiger partial charge on any atom is -0.478 e. The number of rotatable bonds is 3. The monoisotopic (exact) mass is 231 g/mol. The lowest BCUT2D eigenvalue weighted by atomic mass is 10.1. The van der Waals surface area contributed by atoms with Gasteiger partial charge in [0.1, 0.15) is 12.2 Å². The Morgan fingerprint density at radius 1 is 1.41 bits per heavy atom. The molecule has 1 aromatic carbocycles. The van der Waals surface area contributed by atoms with Gasteiger partial charge in [0.15, 0.2) is 0 Å². The Bertz CT molecular complexity index is 546. The molecule has 0 saturated heterocycles. The Hall–Kier alpha value is -2.17. The number of aromatic nitrogens is 3. The van der Waals surface area contributed by atoms with Gasteiger partial charge in [-0.1, -0.05) is 19.9 Å². The van der Waals surface area contributed by atoms with Crippen molar-refractivity contribution < 1.29 is 9.90 Å². The first-order chi connectivity index (χ1) is 8.09. The molecule has 2 aromatic rings. The van der Waals surface area contributed by atoms with E-state index >= 15 is 0 Å². The standard InChI is InChI=1S/C12H13N3O2/c1-8(2)11-14-13-7-15(11)10-5-3-4-9(6-10)12(16)17/h3-8H,1-2H3,(H,16,17). The fourth-order valence-corrected chi connectivity index (χ4v) is 1.63. The molecule has 1 heterocycles. The minimum absolute atomic E-state index is 0.228. The Morgan fingerprint density at radius 3 is 2.82 bits per heavy atom. The number of carbonyl (C=O) groups is 1. The van der Waals surface area contributed by atoms with Gasteiger partial charge in [-0.2, -0.15) is 0 Å². The molecule has 2 rings (SSSR count). The molecule has 1 N–H and O–H groups in total. The van der Waals surface area contributed by atoms with Crippen molar-refractivity contribution in [3.8, 4) is 5.69 Å². The van der Waals surface area contributed by atoms with E-state index in [4.69, 9.17) is 5.11 Å². The van der Waals surface area contributed by atoms with E-state index in [9.17, 15) is 4.79 Å². The van der Waals surface area contributed by atoms with Gasteiger partial charge in [-0.05, 0) is 18.2 Å². The van der Waals surface area contributed by atoms with Crippen LogP contribution in [0.3, 0.4) is 0 Å². The summed E-state index contributed by atoms with van der Waals surface area (Å²) >= 11 is 0. The summed E-state index contributed by atoms with van der Waals surface area (Å²) in [5, 5.41) is 16.8. The highest BCUT2D eigenvalue weighted by atomic mass is 16.4. The fourth-order valence-electron chi connectivity index (χ4n) is 1.63. The zero-order valence-electron chi connectivity index (χ0n) is 9.66. The van der Waals surface area contributed by atoms with Crippen molar-refractivity contribution in [3.05, 3.63) is 42.0 Å². The van der Waals surface area contributed by atoms with Crippen molar-refractivity contribution >= 4 is 5.97 Å². The number of aromatic carboxylic acids is 1. The summed E-state index contributed by atoms with van der Waals surface area (Å²) in [6.07, 6.45) is 1.59. The van der Waals surface area contributed by atoms with Crippen molar-refractivity contribution in [2.75, 3.05) is 0 Å². The molecule has 5 nitrogen and oxygen atoms in total. The summed E-state index contributed by atoms with van der Waals surface area (Å²) in [7, 11) is 0. The van der Waals surface area contributed by atoms with Crippen molar-refractivity contribution in [1.29, 1.82) is 0 Å². The van der Waals surface area contributed by atoms with Crippen molar-refractivity contribution in [1.82, 2.24) is 14.8 Å². The molecule has 5 heteroatoms. The van der Waals surface area contributed by atoms with E-state index < -0.39 is 5.97 Å². The maximum Gasteiger partial charge on any atom is 0.335 e. The number of hydrogen-bond acceptors (Lipinski definition) is 3. The van der Waals surface area contributed by atoms with Gasteiger partial charge in [0.25, 0.3) is 0 Å². The normalized spacial score (nSPS) is 10.8. The number of carboxylic acid groups (broad SMARTS) is 1. The summed E-state index contributed by atoms with van der Waals surface area (Å²) in [5.41, 5.74) is 1.02. The van der Waals surface area contributed by atoms with Crippen LogP contribution in [0.5, 0.6) is 0 Å². The molecule has 0 fully saturated rings. The van der Waals surface area contributed by atoms with Crippen LogP contribution < -0.4 is 0 Å². The van der Waals surface area contributed by atoms with E-state index in [-0.39, 0.29) is 11.5 Å². The summed E-state index contributed by atoms with van der Waals surface area (Å²) in [6.45, 7) is 4.03. The zero-order valence-corrected chi connectivity index (χ0v) is 9.66. The third kappa shape index (κ3) is 2.18. The van der Waals surface area contributed by atoms with E-state index in [2.05, 4.69) is 10.2 Å². The van der Waals surface area contributed by atoms with E-state index in [1.165, 1.54) is 0 Å². The summed E-state index contributed by atoms with van der Waals surface area (Å²) in [6, 6.07) is 6.72. The van der Waals surface area contributed by atoms with Crippen LogP contribution >= 0.6 is 0 Å². The van der Waals surface area contributed by atoms with E-state index in [1.54, 1.807) is 29.1 Å². The first-order valence-corrected chi connectivity index (χ1v) is 5.33. The maximum absolute atomic E-state index is 10.9. The first-order valence-electron chi connectivity index (χ1n) is 5.33. The third-order valence-corrected chi connectivity index (χ3v) is 2.46. The Morgan fingerprint density at radius 2 is 2.18 bits per heavy atom. The Labute approximate surface area is 98.7 Å². The number of nitrogens with zero attached hydrogens (tertiary/aromatic N) is 3. The second kappa shape index (κ2) is 4.37. The second-order valence-electron chi connectivity index (χ2n) is 4.07. The van der Waals surface area contributed by atoms with Gasteiger partial charge in [0, 0.05) is 11.6 Å². The maximum atomic E-state index is 10.9. The average molecular weight is 231 g/mol. The quantitative estimate of drug-likeness (QED) is 0.878. The lowest BCUT2D eigenvalue weighted by Crippen LogP contribution is -2.04. The van der Waals surface area contributed by atoms with Crippen molar-refractivity contribution in [3.63, 3.8) is 0 Å². The topological polar surface area (TPSA) is 68.0 Å². The van der Waals surface area contributed by atoms with Gasteiger partial charge in [-0.3, -0.25) is 4.57 Å². The van der Waals surface area contributed by atoms with Crippen LogP contribution in [0.15, 0.2) is 30.6 Å². The minimum atomic E-state index is -0.939. The highest BCUT2D eigenvalue weighted by Gasteiger charge is 2.11. The van der Waals surface area contributed by atoms with Crippen LogP contribution in [0.2, 0.25) is 0 Å². The molecular weight excluding hydrogens is 218 g/mol. The highest BCUT2D eigenvalue weighted by Crippen LogP contribution is 2.17. The third-order valence-electron chi connectivity index (χ3n) is 2.46. The second-order valence-corrected chi connectivity index (χ2v) is 4.07. The molecule has 17 heavy (non-hydrogen) atoms. The van der Waals surface area contributed by atoms with Gasteiger partial charge in [0.2, 0.25) is 0 Å². The van der Waals surface area contributed by atoms with Crippen LogP contribution in [-0.2, 0) is 0 Å². The lowest BCUT2D eigenvalue weighted by Gasteiger charge is -2.09. The molecule has 0 radical (unpaired) electrons. The predicted molar refractivity (Wildman–Crippen MR) is 62.4 cm³/mol. The van der Waals surface area contributed by atoms with E-state index in [1.807, 2.05) is 19.9 Å². The molecule has 0 spiro atoms. The number of benzene rings is 1. The molecule has 0 aliphatic carbocycles. The van der Waals surface area contributed by atoms with Gasteiger partial charge in [0.05, 0.1) is 5.56 Å². The summed E-state index contributed by atoms with van der Waals surface area (Å²) in [5.74, 6) is 0.101. The lowest BCUT2D eigenvalue weighted by molar-refractivity contribution is 0.0697. The fraction of sp³-hybridized carbons (Fsp3) is 0.250. The largest absolute Gasteiger partial charge is 0.478 e. The smallest absolute Gasteiger partial charge is 0.335 e. The molecule has 0 amide bonds. The van der Waals surface area contributed by atoms with Crippen LogP contribution in [-0.4, -0.2) is 25.8 Å². The predicted octanol–water partition coefficient (Wildman–Crippen LogP) is 2.09. The van der Waals surface area contributed by atoms with Gasteiger partial charge >= 0.3 is 5.97 Å². The first kappa shape index (κ1) is 11.3. The van der Waals surface area contributed by atoms with Gasteiger partial charge in [-0.15, -0.1) is 10.2 Å². The number of hydrogen-bond donors (Lipinski definition) is 1. The van der Waals surface area contributed by atoms with Crippen LogP contribution in [0, 0.1) is 0 Å². The molecule has 0 saturated carbocycles. The summed E-state index contributed by atoms with van der Waals surface area (Å²) in [4.78, 5) is 10.9. The van der Waals surface area contributed by atoms with Crippen molar-refractivity contribution in [2.45, 2.75) is 19.8 Å². The molecule has 1 aromatic heterocycles. The van der Waals surface area contributed by atoms with E-state index in [0.717, 1.165) is 11.5 Å².